The summed E-state index contributed by atoms with van der Waals surface area (Å²) < 4.78 is 16.8. The second-order valence-corrected chi connectivity index (χ2v) is 20.9. The lowest BCUT2D eigenvalue weighted by Crippen LogP contribution is -2.30. The summed E-state index contributed by atoms with van der Waals surface area (Å²) >= 11 is 0. The molecule has 0 saturated carbocycles. The van der Waals surface area contributed by atoms with Crippen LogP contribution in [0.4, 0.5) is 0 Å². The Morgan fingerprint density at radius 3 is 0.848 bits per heavy atom. The molecule has 0 bridgehead atoms. The van der Waals surface area contributed by atoms with Gasteiger partial charge in [0.05, 0.1) is 0 Å². The van der Waals surface area contributed by atoms with Gasteiger partial charge >= 0.3 is 17.9 Å². The van der Waals surface area contributed by atoms with Crippen LogP contribution in [-0.4, -0.2) is 37.2 Å². The van der Waals surface area contributed by atoms with Gasteiger partial charge in [-0.15, -0.1) is 0 Å². The lowest BCUT2D eigenvalue weighted by atomic mass is 10.0. The molecular formula is C73H118O6. The molecule has 0 aliphatic carbocycles. The lowest BCUT2D eigenvalue weighted by Gasteiger charge is -2.18. The monoisotopic (exact) mass is 1090 g/mol. The van der Waals surface area contributed by atoms with Crippen LogP contribution in [0.3, 0.4) is 0 Å². The lowest BCUT2D eigenvalue weighted by molar-refractivity contribution is -0.166. The molecule has 0 aliphatic heterocycles. The van der Waals surface area contributed by atoms with E-state index in [1.165, 1.54) is 103 Å². The highest BCUT2D eigenvalue weighted by Gasteiger charge is 2.19. The second kappa shape index (κ2) is 65.8. The fraction of sp³-hybridized carbons (Fsp3) is 0.630. The van der Waals surface area contributed by atoms with Crippen molar-refractivity contribution in [1.29, 1.82) is 0 Å². The van der Waals surface area contributed by atoms with E-state index in [-0.39, 0.29) is 37.5 Å². The Kier molecular flexibility index (Phi) is 61.9. The van der Waals surface area contributed by atoms with Crippen LogP contribution in [0.2, 0.25) is 0 Å². The first-order valence-corrected chi connectivity index (χ1v) is 32.3. The molecule has 0 aromatic carbocycles. The van der Waals surface area contributed by atoms with E-state index in [1.807, 2.05) is 6.08 Å². The first-order chi connectivity index (χ1) is 39.0. The van der Waals surface area contributed by atoms with Crippen molar-refractivity contribution in [3.63, 3.8) is 0 Å². The first-order valence-electron chi connectivity index (χ1n) is 32.3. The Bertz CT molecular complexity index is 1730. The van der Waals surface area contributed by atoms with Gasteiger partial charge in [-0.1, -0.05) is 295 Å². The minimum atomic E-state index is -0.823. The first kappa shape index (κ1) is 74.3. The summed E-state index contributed by atoms with van der Waals surface area (Å²) in [5, 5.41) is 0. The van der Waals surface area contributed by atoms with Gasteiger partial charge in [-0.3, -0.25) is 14.4 Å². The van der Waals surface area contributed by atoms with Crippen molar-refractivity contribution in [3.8, 4) is 0 Å². The maximum absolute atomic E-state index is 12.9. The number of carbonyl (C=O) groups is 3. The molecular weight excluding hydrogens is 973 g/mol. The third-order valence-electron chi connectivity index (χ3n) is 13.4. The average molecular weight is 1090 g/mol. The molecule has 0 rings (SSSR count). The Morgan fingerprint density at radius 1 is 0.266 bits per heavy atom. The molecule has 1 unspecified atom stereocenters. The van der Waals surface area contributed by atoms with E-state index in [0.717, 1.165) is 128 Å². The largest absolute Gasteiger partial charge is 0.462 e. The Morgan fingerprint density at radius 2 is 0.519 bits per heavy atom. The molecule has 0 aromatic rings. The topological polar surface area (TPSA) is 78.9 Å². The quantitative estimate of drug-likeness (QED) is 0.0261. The molecule has 0 N–H and O–H groups in total. The zero-order valence-corrected chi connectivity index (χ0v) is 51.1. The van der Waals surface area contributed by atoms with Crippen molar-refractivity contribution in [2.75, 3.05) is 13.2 Å². The van der Waals surface area contributed by atoms with Gasteiger partial charge in [0.1, 0.15) is 13.2 Å². The van der Waals surface area contributed by atoms with E-state index in [1.54, 1.807) is 0 Å². The van der Waals surface area contributed by atoms with Crippen LogP contribution in [0.1, 0.15) is 278 Å². The minimum Gasteiger partial charge on any atom is -0.462 e. The van der Waals surface area contributed by atoms with Crippen molar-refractivity contribution in [1.82, 2.24) is 0 Å². The SMILES string of the molecule is CC/C=C\C/C=C\C/C=C\C/C=C\C/C=C\C/C=C\C/C=C\C/C=C\CCCCCCC(=O)OCC(COC(=O)CC/C=C\C/C=C\C/C=C\C/C=C\CC)OC(=O)CCCCCCCCCCCCCCCCCCCCC. The van der Waals surface area contributed by atoms with E-state index in [9.17, 15) is 14.4 Å². The Hall–Kier alpha value is -4.71. The Balaban J connectivity index is 4.42. The van der Waals surface area contributed by atoms with Crippen LogP contribution in [0.15, 0.2) is 146 Å². The van der Waals surface area contributed by atoms with E-state index in [2.05, 4.69) is 161 Å². The van der Waals surface area contributed by atoms with Crippen LogP contribution in [-0.2, 0) is 28.6 Å². The van der Waals surface area contributed by atoms with Crippen molar-refractivity contribution < 1.29 is 28.6 Å². The number of esters is 3. The maximum Gasteiger partial charge on any atom is 0.306 e. The number of unbranched alkanes of at least 4 members (excludes halogenated alkanes) is 22. The summed E-state index contributed by atoms with van der Waals surface area (Å²) in [7, 11) is 0. The maximum atomic E-state index is 12.9. The smallest absolute Gasteiger partial charge is 0.306 e. The number of rotatable bonds is 57. The van der Waals surface area contributed by atoms with Crippen LogP contribution in [0, 0.1) is 0 Å². The summed E-state index contributed by atoms with van der Waals surface area (Å²) in [5.74, 6) is -1.02. The number of allylic oxidation sites excluding steroid dienone is 24. The molecule has 446 valence electrons. The molecule has 0 spiro atoms. The van der Waals surface area contributed by atoms with Crippen molar-refractivity contribution in [3.05, 3.63) is 146 Å². The molecule has 0 aliphatic rings. The number of carbonyl (C=O) groups excluding carboxylic acids is 3. The molecule has 0 heterocycles. The molecule has 0 saturated heterocycles. The van der Waals surface area contributed by atoms with Gasteiger partial charge in [-0.25, -0.2) is 0 Å². The fourth-order valence-electron chi connectivity index (χ4n) is 8.59. The summed E-state index contributed by atoms with van der Waals surface area (Å²) in [6.45, 7) is 6.34. The van der Waals surface area contributed by atoms with Crippen molar-refractivity contribution in [2.24, 2.45) is 0 Å². The normalized spacial score (nSPS) is 13.1. The van der Waals surface area contributed by atoms with Crippen molar-refractivity contribution in [2.45, 2.75) is 284 Å². The van der Waals surface area contributed by atoms with Gasteiger partial charge in [-0.05, 0) is 109 Å². The predicted molar refractivity (Wildman–Crippen MR) is 343 cm³/mol. The van der Waals surface area contributed by atoms with Crippen LogP contribution >= 0.6 is 0 Å². The van der Waals surface area contributed by atoms with E-state index in [0.29, 0.717) is 19.3 Å². The minimum absolute atomic E-state index is 0.117. The zero-order chi connectivity index (χ0) is 57.1. The Labute approximate surface area is 487 Å². The average Bonchev–Trinajstić information content (AvgIpc) is 3.45. The van der Waals surface area contributed by atoms with Crippen LogP contribution < -0.4 is 0 Å². The van der Waals surface area contributed by atoms with Gasteiger partial charge in [0, 0.05) is 19.3 Å². The molecule has 0 radical (unpaired) electrons. The van der Waals surface area contributed by atoms with Crippen LogP contribution in [0.5, 0.6) is 0 Å². The molecule has 79 heavy (non-hydrogen) atoms. The molecule has 0 aromatic heterocycles. The standard InChI is InChI=1S/C73H118O6/c1-4-7-10-13-16-19-22-25-27-29-31-32-33-34-35-36-37-38-39-40-42-43-45-48-51-54-57-60-63-66-72(75)78-69-70(68-77-71(74)65-62-59-56-53-50-47-24-21-18-15-12-9-6-3)79-73(76)67-64-61-58-55-52-49-46-44-41-30-28-26-23-20-17-14-11-8-5-2/h7,9-10,12,16,18-19,21,25,27,31-32,34-35,37-38,40,42,45,47-48,50,56,59,70H,4-6,8,11,13-15,17,20,22-24,26,28-30,33,36,39,41,43-44,46,49,51-55,57-58,60-69H2,1-3H3/b10-7-,12-9-,19-16-,21-18-,27-25-,32-31-,35-34-,38-37-,42-40-,48-45-,50-47-,59-56-. The predicted octanol–water partition coefficient (Wildman–Crippen LogP) is 22.3. The second-order valence-electron chi connectivity index (χ2n) is 20.9. The summed E-state index contributed by atoms with van der Waals surface area (Å²) in [6, 6.07) is 0. The van der Waals surface area contributed by atoms with E-state index < -0.39 is 6.10 Å². The van der Waals surface area contributed by atoms with Gasteiger partial charge in [-0.2, -0.15) is 0 Å². The summed E-state index contributed by atoms with van der Waals surface area (Å²) in [6.07, 6.45) is 94.4. The van der Waals surface area contributed by atoms with E-state index >= 15 is 0 Å². The summed E-state index contributed by atoms with van der Waals surface area (Å²) in [4.78, 5) is 38.3. The highest BCUT2D eigenvalue weighted by atomic mass is 16.6. The molecule has 0 fully saturated rings. The molecule has 6 heteroatoms. The third kappa shape index (κ3) is 64.0. The molecule has 6 nitrogen and oxygen atoms in total. The number of ether oxygens (including phenoxy) is 3. The highest BCUT2D eigenvalue weighted by Crippen LogP contribution is 2.16. The number of hydrogen-bond acceptors (Lipinski definition) is 6. The van der Waals surface area contributed by atoms with Gasteiger partial charge < -0.3 is 14.2 Å². The summed E-state index contributed by atoms with van der Waals surface area (Å²) in [5.41, 5.74) is 0. The van der Waals surface area contributed by atoms with Crippen LogP contribution in [0.25, 0.3) is 0 Å². The highest BCUT2D eigenvalue weighted by molar-refractivity contribution is 5.71. The zero-order valence-electron chi connectivity index (χ0n) is 51.1. The fourth-order valence-corrected chi connectivity index (χ4v) is 8.59. The van der Waals surface area contributed by atoms with Gasteiger partial charge in [0.25, 0.3) is 0 Å². The van der Waals surface area contributed by atoms with Gasteiger partial charge in [0.15, 0.2) is 6.10 Å². The van der Waals surface area contributed by atoms with Gasteiger partial charge in [0.2, 0.25) is 0 Å². The third-order valence-corrected chi connectivity index (χ3v) is 13.4. The van der Waals surface area contributed by atoms with Crippen molar-refractivity contribution >= 4 is 17.9 Å². The molecule has 1 atom stereocenters. The number of hydrogen-bond donors (Lipinski definition) is 0. The molecule has 0 amide bonds. The van der Waals surface area contributed by atoms with E-state index in [4.69, 9.17) is 14.2 Å².